The van der Waals surface area contributed by atoms with E-state index in [9.17, 15) is 34.1 Å². The lowest BCUT2D eigenvalue weighted by molar-refractivity contribution is -0.485. The molecule has 0 aromatic heterocycles. The lowest BCUT2D eigenvalue weighted by Gasteiger charge is -2.20. The van der Waals surface area contributed by atoms with Gasteiger partial charge in [0, 0.05) is 6.54 Å². The zero-order valence-electron chi connectivity index (χ0n) is 27.5. The van der Waals surface area contributed by atoms with E-state index in [1.807, 2.05) is 0 Å². The molecule has 2 unspecified atom stereocenters. The molecule has 270 valence electrons. The number of hydrogen-bond donors (Lipinski definition) is 5. The highest BCUT2D eigenvalue weighted by molar-refractivity contribution is 5.92. The Labute approximate surface area is 293 Å². The highest BCUT2D eigenvalue weighted by Gasteiger charge is 2.28. The summed E-state index contributed by atoms with van der Waals surface area (Å²) in [6.45, 7) is -0.829. The van der Waals surface area contributed by atoms with Crippen LogP contribution >= 0.6 is 0 Å². The monoisotopic (exact) mass is 705 g/mol. The minimum Gasteiger partial charge on any atom is -0.461 e. The first-order chi connectivity index (χ1) is 24.6. The summed E-state index contributed by atoms with van der Waals surface area (Å²) in [5, 5.41) is 22.2. The SMILES string of the molecule is NC(=N[N+](=O)[O-])NCCCC(NC(=O)OCc1ccccc1)C(=O)NCC(=O)NC(CC(=O)OCc1ccccc1)C(=O)OCc1ccccc1. The van der Waals surface area contributed by atoms with Crippen molar-refractivity contribution in [2.45, 2.75) is 51.2 Å². The number of nitrogens with two attached hydrogens (primary N) is 1. The van der Waals surface area contributed by atoms with Crippen LogP contribution in [0.2, 0.25) is 0 Å². The van der Waals surface area contributed by atoms with E-state index in [0.29, 0.717) is 11.1 Å². The van der Waals surface area contributed by atoms with E-state index in [1.165, 1.54) is 0 Å². The number of nitro groups is 1. The van der Waals surface area contributed by atoms with E-state index in [-0.39, 0.29) is 39.2 Å². The van der Waals surface area contributed by atoms with Crippen molar-refractivity contribution in [3.63, 3.8) is 0 Å². The van der Waals surface area contributed by atoms with E-state index in [4.69, 9.17) is 19.9 Å². The zero-order chi connectivity index (χ0) is 36.8. The molecule has 0 saturated carbocycles. The number of amides is 3. The molecule has 3 aromatic carbocycles. The lowest BCUT2D eigenvalue weighted by atomic mass is 10.1. The number of hydrogen-bond acceptors (Lipinski definition) is 10. The van der Waals surface area contributed by atoms with Crippen LogP contribution in [0.15, 0.2) is 96.1 Å². The molecule has 17 nitrogen and oxygen atoms in total. The third kappa shape index (κ3) is 16.0. The molecular formula is C34H39N7O10. The number of nitrogens with one attached hydrogen (secondary N) is 4. The molecule has 51 heavy (non-hydrogen) atoms. The molecule has 0 aliphatic rings. The molecule has 0 saturated heterocycles. The van der Waals surface area contributed by atoms with Crippen LogP contribution in [0.4, 0.5) is 4.79 Å². The van der Waals surface area contributed by atoms with Crippen LogP contribution in [0.1, 0.15) is 36.0 Å². The third-order valence-electron chi connectivity index (χ3n) is 6.87. The Hall–Kier alpha value is -6.52. The minimum atomic E-state index is -1.44. The van der Waals surface area contributed by atoms with Crippen molar-refractivity contribution in [1.82, 2.24) is 21.3 Å². The van der Waals surface area contributed by atoms with Crippen molar-refractivity contribution in [2.75, 3.05) is 13.1 Å². The van der Waals surface area contributed by atoms with Crippen LogP contribution in [0, 0.1) is 10.1 Å². The highest BCUT2D eigenvalue weighted by atomic mass is 16.7. The Morgan fingerprint density at radius 2 is 1.25 bits per heavy atom. The summed E-state index contributed by atoms with van der Waals surface area (Å²) in [6, 6.07) is 23.8. The molecule has 0 bridgehead atoms. The van der Waals surface area contributed by atoms with Crippen molar-refractivity contribution in [2.24, 2.45) is 10.8 Å². The molecule has 0 aliphatic heterocycles. The van der Waals surface area contributed by atoms with Gasteiger partial charge in [-0.3, -0.25) is 14.4 Å². The number of nitrogens with zero attached hydrogens (tertiary/aromatic N) is 2. The standard InChI is InChI=1S/C34H39N7O10/c35-33(40-41(47)48)36-18-10-17-27(39-34(46)51-23-26-15-8-3-9-16-26)31(44)37-20-29(42)38-28(32(45)50-22-25-13-6-2-7-14-25)19-30(43)49-21-24-11-4-1-5-12-24/h1-9,11-16,27-28H,10,17-23H2,(H,37,44)(H,38,42)(H,39,46)(H3,35,36,40). The Morgan fingerprint density at radius 3 is 1.80 bits per heavy atom. The van der Waals surface area contributed by atoms with E-state index >= 15 is 0 Å². The van der Waals surface area contributed by atoms with Crippen LogP contribution in [0.25, 0.3) is 0 Å². The first-order valence-corrected chi connectivity index (χ1v) is 15.8. The molecule has 0 spiro atoms. The maximum Gasteiger partial charge on any atom is 0.408 e. The summed E-state index contributed by atoms with van der Waals surface area (Å²) in [7, 11) is 0. The Kier molecular flexibility index (Phi) is 16.4. The Morgan fingerprint density at radius 1 is 0.725 bits per heavy atom. The average molecular weight is 706 g/mol. The van der Waals surface area contributed by atoms with Gasteiger partial charge in [-0.25, -0.2) is 19.7 Å². The van der Waals surface area contributed by atoms with Gasteiger partial charge in [-0.2, -0.15) is 0 Å². The quantitative estimate of drug-likeness (QED) is 0.0227. The summed E-state index contributed by atoms with van der Waals surface area (Å²) in [5.74, 6) is -3.74. The van der Waals surface area contributed by atoms with Gasteiger partial charge >= 0.3 is 18.0 Å². The van der Waals surface area contributed by atoms with Crippen LogP contribution in [-0.4, -0.2) is 66.0 Å². The summed E-state index contributed by atoms with van der Waals surface area (Å²) in [4.78, 5) is 74.7. The Bertz CT molecular complexity index is 1630. The number of ether oxygens (including phenoxy) is 3. The van der Waals surface area contributed by atoms with Crippen molar-refractivity contribution in [3.05, 3.63) is 118 Å². The fourth-order valence-electron chi connectivity index (χ4n) is 4.34. The van der Waals surface area contributed by atoms with Gasteiger partial charge in [0.15, 0.2) is 5.03 Å². The summed E-state index contributed by atoms with van der Waals surface area (Å²) in [5.41, 5.74) is 7.52. The second-order valence-corrected chi connectivity index (χ2v) is 10.8. The summed E-state index contributed by atoms with van der Waals surface area (Å²) in [6.07, 6.45) is -1.29. The molecule has 0 radical (unpaired) electrons. The molecule has 2 atom stereocenters. The fraction of sp³-hybridized carbons (Fsp3) is 0.294. The molecule has 17 heteroatoms. The van der Waals surface area contributed by atoms with Gasteiger partial charge in [0.05, 0.1) is 13.0 Å². The minimum absolute atomic E-state index is 0.00563. The highest BCUT2D eigenvalue weighted by Crippen LogP contribution is 2.08. The molecule has 6 N–H and O–H groups in total. The number of hydrazone groups is 1. The predicted octanol–water partition coefficient (Wildman–Crippen LogP) is 1.64. The van der Waals surface area contributed by atoms with Gasteiger partial charge < -0.3 is 41.2 Å². The van der Waals surface area contributed by atoms with Gasteiger partial charge in [-0.15, -0.1) is 0 Å². The van der Waals surface area contributed by atoms with Crippen LogP contribution < -0.4 is 27.0 Å². The summed E-state index contributed by atoms with van der Waals surface area (Å²) >= 11 is 0. The fourth-order valence-corrected chi connectivity index (χ4v) is 4.34. The van der Waals surface area contributed by atoms with Crippen LogP contribution in [0.5, 0.6) is 0 Å². The number of benzene rings is 3. The number of alkyl carbamates (subject to hydrolysis) is 1. The van der Waals surface area contributed by atoms with Gasteiger partial charge in [-0.1, -0.05) is 91.0 Å². The molecule has 0 fully saturated rings. The second kappa shape index (κ2) is 21.5. The number of esters is 2. The largest absolute Gasteiger partial charge is 0.461 e. The summed E-state index contributed by atoms with van der Waals surface area (Å²) < 4.78 is 15.8. The molecule has 0 heterocycles. The topological polar surface area (TPSA) is 243 Å². The molecule has 3 amide bonds. The molecular weight excluding hydrogens is 666 g/mol. The third-order valence-corrected chi connectivity index (χ3v) is 6.87. The van der Waals surface area contributed by atoms with Gasteiger partial charge in [0.2, 0.25) is 11.8 Å². The van der Waals surface area contributed by atoms with E-state index in [2.05, 4.69) is 26.4 Å². The number of rotatable bonds is 19. The number of guanidine groups is 1. The number of carbonyl (C=O) groups excluding carboxylic acids is 5. The normalized spacial score (nSPS) is 12.0. The van der Waals surface area contributed by atoms with Crippen molar-refractivity contribution >= 4 is 35.8 Å². The first kappa shape index (κ1) is 38.9. The van der Waals surface area contributed by atoms with Crippen LogP contribution in [-0.2, 0) is 53.2 Å². The van der Waals surface area contributed by atoms with E-state index in [0.717, 1.165) is 5.56 Å². The van der Waals surface area contributed by atoms with Crippen molar-refractivity contribution in [3.8, 4) is 0 Å². The van der Waals surface area contributed by atoms with Crippen LogP contribution in [0.3, 0.4) is 0 Å². The maximum atomic E-state index is 13.1. The van der Waals surface area contributed by atoms with E-state index < -0.39 is 65.9 Å². The smallest absolute Gasteiger partial charge is 0.408 e. The first-order valence-electron chi connectivity index (χ1n) is 15.8. The van der Waals surface area contributed by atoms with Crippen molar-refractivity contribution < 1.29 is 43.2 Å². The molecule has 0 aliphatic carbocycles. The molecule has 3 rings (SSSR count). The second-order valence-electron chi connectivity index (χ2n) is 10.8. The maximum absolute atomic E-state index is 13.1. The zero-order valence-corrected chi connectivity index (χ0v) is 27.5. The number of carbonyl (C=O) groups is 5. The average Bonchev–Trinajstić information content (AvgIpc) is 3.13. The van der Waals surface area contributed by atoms with Gasteiger partial charge in [-0.05, 0) is 29.5 Å². The van der Waals surface area contributed by atoms with E-state index in [1.54, 1.807) is 91.0 Å². The van der Waals surface area contributed by atoms with Gasteiger partial charge in [0.1, 0.15) is 37.0 Å². The predicted molar refractivity (Wildman–Crippen MR) is 181 cm³/mol. The lowest BCUT2D eigenvalue weighted by Crippen LogP contribution is -2.51. The van der Waals surface area contributed by atoms with Crippen molar-refractivity contribution in [1.29, 1.82) is 0 Å². The Balaban J connectivity index is 1.60. The molecule has 3 aromatic rings. The van der Waals surface area contributed by atoms with Gasteiger partial charge in [0.25, 0.3) is 5.96 Å².